The van der Waals surface area contributed by atoms with Gasteiger partial charge in [-0.05, 0) is 19.8 Å². The molecule has 0 spiro atoms. The van der Waals surface area contributed by atoms with Crippen LogP contribution in [0.2, 0.25) is 0 Å². The molecule has 9 nitrogen and oxygen atoms in total. The lowest BCUT2D eigenvalue weighted by atomic mass is 10.1. The Hall–Kier alpha value is -2.16. The Morgan fingerprint density at radius 1 is 1.33 bits per heavy atom. The molecular weight excluding hydrogens is 282 g/mol. The number of carbonyl (C=O) groups is 4. The topological polar surface area (TPSA) is 150 Å². The zero-order chi connectivity index (χ0) is 16.2. The van der Waals surface area contributed by atoms with Crippen LogP contribution in [0.25, 0.3) is 0 Å². The molecule has 0 radical (unpaired) electrons. The molecule has 1 saturated heterocycles. The summed E-state index contributed by atoms with van der Waals surface area (Å²) in [7, 11) is 0. The van der Waals surface area contributed by atoms with Gasteiger partial charge in [-0.3, -0.25) is 14.4 Å². The van der Waals surface area contributed by atoms with Crippen molar-refractivity contribution >= 4 is 23.8 Å². The number of carboxylic acid groups (broad SMARTS) is 2. The van der Waals surface area contributed by atoms with Gasteiger partial charge in [0.2, 0.25) is 11.8 Å². The van der Waals surface area contributed by atoms with Crippen LogP contribution >= 0.6 is 0 Å². The lowest BCUT2D eigenvalue weighted by Gasteiger charge is -2.25. The van der Waals surface area contributed by atoms with Crippen molar-refractivity contribution in [3.8, 4) is 0 Å². The van der Waals surface area contributed by atoms with Crippen molar-refractivity contribution in [2.75, 3.05) is 6.54 Å². The van der Waals surface area contributed by atoms with E-state index in [4.69, 9.17) is 15.9 Å². The van der Waals surface area contributed by atoms with Gasteiger partial charge in [-0.1, -0.05) is 0 Å². The number of nitrogens with two attached hydrogens (primary N) is 1. The minimum absolute atomic E-state index is 0.317. The number of aliphatic carboxylic acids is 2. The number of amides is 2. The number of nitrogens with zero attached hydrogens (tertiary/aromatic N) is 1. The van der Waals surface area contributed by atoms with Gasteiger partial charge in [-0.15, -0.1) is 0 Å². The highest BCUT2D eigenvalue weighted by molar-refractivity contribution is 5.92. The van der Waals surface area contributed by atoms with Crippen LogP contribution in [0.15, 0.2) is 0 Å². The highest BCUT2D eigenvalue weighted by atomic mass is 16.4. The van der Waals surface area contributed by atoms with Crippen LogP contribution in [0.3, 0.4) is 0 Å². The second-order valence-corrected chi connectivity index (χ2v) is 4.96. The van der Waals surface area contributed by atoms with Crippen molar-refractivity contribution in [2.24, 2.45) is 5.73 Å². The zero-order valence-corrected chi connectivity index (χ0v) is 11.6. The Balaban J connectivity index is 2.60. The summed E-state index contributed by atoms with van der Waals surface area (Å²) in [5.41, 5.74) is 5.38. The first kappa shape index (κ1) is 16.9. The Bertz CT molecular complexity index is 452. The third kappa shape index (κ3) is 4.42. The van der Waals surface area contributed by atoms with Crippen LogP contribution in [-0.2, 0) is 19.2 Å². The van der Waals surface area contributed by atoms with Crippen LogP contribution in [0, 0.1) is 0 Å². The number of carboxylic acids is 2. The fraction of sp³-hybridized carbons (Fsp3) is 0.667. The predicted octanol–water partition coefficient (Wildman–Crippen LogP) is -1.63. The molecule has 0 aromatic carbocycles. The highest BCUT2D eigenvalue weighted by Gasteiger charge is 2.36. The first-order valence-electron chi connectivity index (χ1n) is 6.55. The maximum Gasteiger partial charge on any atom is 0.326 e. The van der Waals surface area contributed by atoms with E-state index in [1.54, 1.807) is 0 Å². The molecule has 0 aromatic heterocycles. The quantitative estimate of drug-likeness (QED) is 0.460. The van der Waals surface area contributed by atoms with Gasteiger partial charge >= 0.3 is 11.9 Å². The van der Waals surface area contributed by atoms with E-state index < -0.39 is 48.3 Å². The summed E-state index contributed by atoms with van der Waals surface area (Å²) >= 11 is 0. The molecule has 21 heavy (non-hydrogen) atoms. The van der Waals surface area contributed by atoms with E-state index in [1.165, 1.54) is 11.8 Å². The SMILES string of the molecule is C[C@H](NC(=O)[C@H](N)CC(=O)O)C(=O)N1CCC[C@H]1C(=O)O. The molecular formula is C12H19N3O6. The summed E-state index contributed by atoms with van der Waals surface area (Å²) in [5, 5.41) is 19.9. The van der Waals surface area contributed by atoms with Crippen molar-refractivity contribution in [3.63, 3.8) is 0 Å². The van der Waals surface area contributed by atoms with Crippen molar-refractivity contribution < 1.29 is 29.4 Å². The van der Waals surface area contributed by atoms with Crippen molar-refractivity contribution in [1.82, 2.24) is 10.2 Å². The molecule has 0 saturated carbocycles. The van der Waals surface area contributed by atoms with Crippen molar-refractivity contribution in [2.45, 2.75) is 44.3 Å². The average Bonchev–Trinajstić information content (AvgIpc) is 2.85. The number of hydrogen-bond acceptors (Lipinski definition) is 5. The van der Waals surface area contributed by atoms with Gasteiger partial charge < -0.3 is 26.2 Å². The smallest absolute Gasteiger partial charge is 0.326 e. The van der Waals surface area contributed by atoms with E-state index in [0.29, 0.717) is 19.4 Å². The predicted molar refractivity (Wildman–Crippen MR) is 70.2 cm³/mol. The number of rotatable bonds is 6. The molecule has 0 bridgehead atoms. The van der Waals surface area contributed by atoms with Crippen LogP contribution in [0.1, 0.15) is 26.2 Å². The van der Waals surface area contributed by atoms with E-state index >= 15 is 0 Å². The number of nitrogens with one attached hydrogen (secondary N) is 1. The van der Waals surface area contributed by atoms with Gasteiger partial charge in [0.1, 0.15) is 12.1 Å². The van der Waals surface area contributed by atoms with E-state index in [-0.39, 0.29) is 0 Å². The van der Waals surface area contributed by atoms with E-state index in [2.05, 4.69) is 5.32 Å². The third-order valence-electron chi connectivity index (χ3n) is 3.28. The lowest BCUT2D eigenvalue weighted by molar-refractivity contribution is -0.149. The molecule has 3 atom stereocenters. The largest absolute Gasteiger partial charge is 0.481 e. The average molecular weight is 301 g/mol. The summed E-state index contributed by atoms with van der Waals surface area (Å²) in [4.78, 5) is 46.5. The molecule has 118 valence electrons. The van der Waals surface area contributed by atoms with Crippen LogP contribution in [0.5, 0.6) is 0 Å². The van der Waals surface area contributed by atoms with Crippen LogP contribution < -0.4 is 11.1 Å². The van der Waals surface area contributed by atoms with Gasteiger partial charge in [0.25, 0.3) is 0 Å². The fourth-order valence-electron chi connectivity index (χ4n) is 2.20. The van der Waals surface area contributed by atoms with Crippen molar-refractivity contribution in [1.29, 1.82) is 0 Å². The molecule has 2 amide bonds. The summed E-state index contributed by atoms with van der Waals surface area (Å²) in [6, 6.07) is -3.10. The molecule has 1 aliphatic rings. The van der Waals surface area contributed by atoms with Gasteiger partial charge in [0.05, 0.1) is 12.5 Å². The molecule has 1 fully saturated rings. The minimum Gasteiger partial charge on any atom is -0.481 e. The Kier molecular flexibility index (Phi) is 5.65. The Morgan fingerprint density at radius 2 is 1.95 bits per heavy atom. The molecule has 0 aliphatic carbocycles. The molecule has 5 N–H and O–H groups in total. The second-order valence-electron chi connectivity index (χ2n) is 4.96. The Morgan fingerprint density at radius 3 is 2.48 bits per heavy atom. The molecule has 9 heteroatoms. The van der Waals surface area contributed by atoms with Gasteiger partial charge in [-0.2, -0.15) is 0 Å². The molecule has 1 aliphatic heterocycles. The molecule has 0 unspecified atom stereocenters. The number of hydrogen-bond donors (Lipinski definition) is 4. The van der Waals surface area contributed by atoms with E-state index in [0.717, 1.165) is 0 Å². The van der Waals surface area contributed by atoms with E-state index in [1.807, 2.05) is 0 Å². The first-order chi connectivity index (χ1) is 9.73. The van der Waals surface area contributed by atoms with Gasteiger partial charge in [0.15, 0.2) is 0 Å². The monoisotopic (exact) mass is 301 g/mol. The summed E-state index contributed by atoms with van der Waals surface area (Å²) in [5.74, 6) is -3.58. The standard InChI is InChI=1S/C12H19N3O6/c1-6(14-10(18)7(13)5-9(16)17)11(19)15-4-2-3-8(15)12(20)21/h6-8H,2-5,13H2,1H3,(H,14,18)(H,16,17)(H,20,21)/t6-,7+,8-/m0/s1. The summed E-state index contributed by atoms with van der Waals surface area (Å²) < 4.78 is 0. The number of carbonyl (C=O) groups excluding carboxylic acids is 2. The van der Waals surface area contributed by atoms with Crippen LogP contribution in [-0.4, -0.2) is 63.5 Å². The number of likely N-dealkylation sites (tertiary alicyclic amines) is 1. The minimum atomic E-state index is -1.26. The van der Waals surface area contributed by atoms with Crippen molar-refractivity contribution in [3.05, 3.63) is 0 Å². The van der Waals surface area contributed by atoms with Gasteiger partial charge in [-0.25, -0.2) is 4.79 Å². The second kappa shape index (κ2) is 7.02. The summed E-state index contributed by atoms with van der Waals surface area (Å²) in [6.45, 7) is 1.72. The van der Waals surface area contributed by atoms with Crippen LogP contribution in [0.4, 0.5) is 0 Å². The maximum absolute atomic E-state index is 12.1. The normalized spacial score (nSPS) is 20.7. The Labute approximate surface area is 121 Å². The first-order valence-corrected chi connectivity index (χ1v) is 6.55. The molecule has 0 aromatic rings. The highest BCUT2D eigenvalue weighted by Crippen LogP contribution is 2.18. The van der Waals surface area contributed by atoms with E-state index in [9.17, 15) is 19.2 Å². The lowest BCUT2D eigenvalue weighted by Crippen LogP contribution is -2.53. The summed E-state index contributed by atoms with van der Waals surface area (Å²) in [6.07, 6.45) is 0.413. The molecule has 1 rings (SSSR count). The van der Waals surface area contributed by atoms with Gasteiger partial charge in [0, 0.05) is 6.54 Å². The third-order valence-corrected chi connectivity index (χ3v) is 3.28. The zero-order valence-electron chi connectivity index (χ0n) is 11.6. The maximum atomic E-state index is 12.1. The molecule has 1 heterocycles. The fourth-order valence-corrected chi connectivity index (χ4v) is 2.20.